The van der Waals surface area contributed by atoms with Crippen LogP contribution in [-0.4, -0.2) is 41.3 Å². The summed E-state index contributed by atoms with van der Waals surface area (Å²) in [4.78, 5) is 33.1. The first-order valence-corrected chi connectivity index (χ1v) is 11.3. The van der Waals surface area contributed by atoms with Crippen LogP contribution in [0.5, 0.6) is 0 Å². The van der Waals surface area contributed by atoms with E-state index in [0.29, 0.717) is 5.69 Å². The molecule has 1 aliphatic heterocycles. The minimum atomic E-state index is -0.481. The van der Waals surface area contributed by atoms with Gasteiger partial charge in [0.15, 0.2) is 0 Å². The topological polar surface area (TPSA) is 79.5 Å². The summed E-state index contributed by atoms with van der Waals surface area (Å²) in [7, 11) is 0. The molecule has 2 aromatic carbocycles. The number of para-hydroxylation sites is 1. The van der Waals surface area contributed by atoms with Gasteiger partial charge in [-0.3, -0.25) is 14.5 Å². The molecule has 1 aliphatic rings. The van der Waals surface area contributed by atoms with Crippen molar-refractivity contribution in [2.75, 3.05) is 24.5 Å². The van der Waals surface area contributed by atoms with E-state index >= 15 is 0 Å². The summed E-state index contributed by atoms with van der Waals surface area (Å²) in [6.45, 7) is 1.18. The Bertz CT molecular complexity index is 1040. The van der Waals surface area contributed by atoms with Crippen LogP contribution in [0.15, 0.2) is 48.5 Å². The number of amides is 2. The van der Waals surface area contributed by atoms with E-state index in [1.165, 1.54) is 17.0 Å². The number of nitrogens with zero attached hydrogens (tertiary/aromatic N) is 3. The number of likely N-dealkylation sites (tertiary alicyclic amines) is 1. The Morgan fingerprint density at radius 1 is 1.16 bits per heavy atom. The van der Waals surface area contributed by atoms with Crippen molar-refractivity contribution < 1.29 is 14.0 Å². The van der Waals surface area contributed by atoms with E-state index in [4.69, 9.17) is 10.7 Å². The van der Waals surface area contributed by atoms with Gasteiger partial charge < -0.3 is 10.6 Å². The van der Waals surface area contributed by atoms with Crippen molar-refractivity contribution in [1.29, 1.82) is 0 Å². The molecule has 2 amide bonds. The zero-order chi connectivity index (χ0) is 21.8. The van der Waals surface area contributed by atoms with Crippen molar-refractivity contribution in [3.8, 4) is 0 Å². The van der Waals surface area contributed by atoms with Gasteiger partial charge in [0.25, 0.3) is 0 Å². The standard InChI is InChI=1S/C23H25FN4O2S/c24-16-8-10-17(11-9-16)28(14-12-21(25)29)22(30)15-27-13-4-3-6-19(27)23-26-18-5-1-2-7-20(18)31-23/h1-2,5,7-11,19H,3-4,6,12-15H2,(H2,25,29). The van der Waals surface area contributed by atoms with Gasteiger partial charge in [0.05, 0.1) is 22.8 Å². The second-order valence-electron chi connectivity index (χ2n) is 7.74. The van der Waals surface area contributed by atoms with Crippen molar-refractivity contribution in [2.24, 2.45) is 5.73 Å². The third kappa shape index (κ3) is 5.08. The van der Waals surface area contributed by atoms with Gasteiger partial charge in [-0.1, -0.05) is 18.6 Å². The van der Waals surface area contributed by atoms with Crippen LogP contribution >= 0.6 is 11.3 Å². The summed E-state index contributed by atoms with van der Waals surface area (Å²) in [6.07, 6.45) is 3.11. The molecular formula is C23H25FN4O2S. The molecular weight excluding hydrogens is 415 g/mol. The van der Waals surface area contributed by atoms with Gasteiger partial charge in [-0.25, -0.2) is 9.37 Å². The van der Waals surface area contributed by atoms with E-state index in [0.717, 1.165) is 41.0 Å². The molecule has 0 spiro atoms. The van der Waals surface area contributed by atoms with Gasteiger partial charge >= 0.3 is 0 Å². The molecule has 1 fully saturated rings. The number of rotatable bonds is 7. The highest BCUT2D eigenvalue weighted by Gasteiger charge is 2.30. The van der Waals surface area contributed by atoms with E-state index in [1.807, 2.05) is 18.2 Å². The molecule has 4 rings (SSSR count). The third-order valence-corrected chi connectivity index (χ3v) is 6.71. The molecule has 6 nitrogen and oxygen atoms in total. The fourth-order valence-electron chi connectivity index (χ4n) is 3.99. The maximum absolute atomic E-state index is 13.4. The van der Waals surface area contributed by atoms with E-state index in [-0.39, 0.29) is 37.3 Å². The number of benzene rings is 2. The Hall–Kier alpha value is -2.84. The van der Waals surface area contributed by atoms with Crippen molar-refractivity contribution >= 4 is 39.1 Å². The number of carbonyl (C=O) groups excluding carboxylic acids is 2. The molecule has 1 unspecified atom stereocenters. The second kappa shape index (κ2) is 9.53. The molecule has 162 valence electrons. The minimum Gasteiger partial charge on any atom is -0.370 e. The monoisotopic (exact) mass is 440 g/mol. The SMILES string of the molecule is NC(=O)CCN(C(=O)CN1CCCCC1c1nc2ccccc2s1)c1ccc(F)cc1. The molecule has 3 aromatic rings. The Balaban J connectivity index is 1.55. The average molecular weight is 441 g/mol. The molecule has 1 saturated heterocycles. The van der Waals surface area contributed by atoms with Crippen LogP contribution in [0.4, 0.5) is 10.1 Å². The number of thiazole rings is 1. The van der Waals surface area contributed by atoms with Crippen molar-refractivity contribution in [2.45, 2.75) is 31.7 Å². The largest absolute Gasteiger partial charge is 0.370 e. The highest BCUT2D eigenvalue weighted by molar-refractivity contribution is 7.18. The molecule has 0 saturated carbocycles. The van der Waals surface area contributed by atoms with Crippen molar-refractivity contribution in [1.82, 2.24) is 9.88 Å². The lowest BCUT2D eigenvalue weighted by molar-refractivity contribution is -0.121. The zero-order valence-electron chi connectivity index (χ0n) is 17.2. The highest BCUT2D eigenvalue weighted by atomic mass is 32.1. The first-order valence-electron chi connectivity index (χ1n) is 10.4. The number of primary amides is 1. The molecule has 8 heteroatoms. The van der Waals surface area contributed by atoms with Crippen LogP contribution in [0, 0.1) is 5.82 Å². The highest BCUT2D eigenvalue weighted by Crippen LogP contribution is 2.35. The second-order valence-corrected chi connectivity index (χ2v) is 8.80. The molecule has 2 N–H and O–H groups in total. The maximum atomic E-state index is 13.4. The zero-order valence-corrected chi connectivity index (χ0v) is 18.0. The normalized spacial score (nSPS) is 17.0. The molecule has 0 radical (unpaired) electrons. The van der Waals surface area contributed by atoms with E-state index in [2.05, 4.69) is 11.0 Å². The van der Waals surface area contributed by atoms with Gasteiger partial charge in [-0.05, 0) is 55.8 Å². The summed E-state index contributed by atoms with van der Waals surface area (Å²) < 4.78 is 14.5. The van der Waals surface area contributed by atoms with Crippen molar-refractivity contribution in [3.05, 3.63) is 59.4 Å². The van der Waals surface area contributed by atoms with Gasteiger partial charge in [0.2, 0.25) is 11.8 Å². The van der Waals surface area contributed by atoms with Crippen LogP contribution in [0.3, 0.4) is 0 Å². The number of aromatic nitrogens is 1. The smallest absolute Gasteiger partial charge is 0.241 e. The lowest BCUT2D eigenvalue weighted by Crippen LogP contribution is -2.44. The number of hydrogen-bond acceptors (Lipinski definition) is 5. The number of fused-ring (bicyclic) bond motifs is 1. The lowest BCUT2D eigenvalue weighted by Gasteiger charge is -2.35. The molecule has 1 aromatic heterocycles. The van der Waals surface area contributed by atoms with Gasteiger partial charge in [-0.15, -0.1) is 11.3 Å². The lowest BCUT2D eigenvalue weighted by atomic mass is 10.0. The Kier molecular flexibility index (Phi) is 6.58. The predicted octanol–water partition coefficient (Wildman–Crippen LogP) is 3.87. The Labute approximate surface area is 184 Å². The fraction of sp³-hybridized carbons (Fsp3) is 0.348. The third-order valence-electron chi connectivity index (χ3n) is 5.57. The summed E-state index contributed by atoms with van der Waals surface area (Å²) in [5.41, 5.74) is 6.85. The van der Waals surface area contributed by atoms with Gasteiger partial charge in [-0.2, -0.15) is 0 Å². The fourth-order valence-corrected chi connectivity index (χ4v) is 5.13. The maximum Gasteiger partial charge on any atom is 0.241 e. The van der Waals surface area contributed by atoms with Crippen LogP contribution in [0.1, 0.15) is 36.7 Å². The number of piperidine rings is 1. The van der Waals surface area contributed by atoms with Crippen LogP contribution in [0.25, 0.3) is 10.2 Å². The summed E-state index contributed by atoms with van der Waals surface area (Å²) >= 11 is 1.67. The Morgan fingerprint density at radius 3 is 2.68 bits per heavy atom. The van der Waals surface area contributed by atoms with Crippen LogP contribution in [0.2, 0.25) is 0 Å². The predicted molar refractivity (Wildman–Crippen MR) is 120 cm³/mol. The molecule has 31 heavy (non-hydrogen) atoms. The van der Waals surface area contributed by atoms with Crippen LogP contribution in [-0.2, 0) is 9.59 Å². The quantitative estimate of drug-likeness (QED) is 0.605. The number of anilines is 1. The van der Waals surface area contributed by atoms with E-state index in [9.17, 15) is 14.0 Å². The first kappa shape index (κ1) is 21.4. The number of hydrogen-bond donors (Lipinski definition) is 1. The first-order chi connectivity index (χ1) is 15.0. The molecule has 0 aliphatic carbocycles. The average Bonchev–Trinajstić information content (AvgIpc) is 3.19. The minimum absolute atomic E-state index is 0.0460. The van der Waals surface area contributed by atoms with Gasteiger partial charge in [0, 0.05) is 18.7 Å². The Morgan fingerprint density at radius 2 is 1.94 bits per heavy atom. The molecule has 0 bridgehead atoms. The van der Waals surface area contributed by atoms with E-state index < -0.39 is 5.91 Å². The number of nitrogens with two attached hydrogens (primary N) is 1. The number of halogens is 1. The number of carbonyl (C=O) groups is 2. The van der Waals surface area contributed by atoms with Crippen LogP contribution < -0.4 is 10.6 Å². The van der Waals surface area contributed by atoms with Gasteiger partial charge in [0.1, 0.15) is 10.8 Å². The summed E-state index contributed by atoms with van der Waals surface area (Å²) in [5, 5.41) is 1.03. The van der Waals surface area contributed by atoms with E-state index in [1.54, 1.807) is 23.5 Å². The molecule has 2 heterocycles. The summed E-state index contributed by atoms with van der Waals surface area (Å²) in [5.74, 6) is -0.996. The molecule has 1 atom stereocenters. The summed E-state index contributed by atoms with van der Waals surface area (Å²) in [6, 6.07) is 13.9. The van der Waals surface area contributed by atoms with Crippen molar-refractivity contribution in [3.63, 3.8) is 0 Å².